The summed E-state index contributed by atoms with van der Waals surface area (Å²) in [6.07, 6.45) is 7.82. The Morgan fingerprint density at radius 2 is 2.41 bits per heavy atom. The van der Waals surface area contributed by atoms with E-state index in [1.807, 2.05) is 12.1 Å². The van der Waals surface area contributed by atoms with E-state index in [0.29, 0.717) is 13.0 Å². The first kappa shape index (κ1) is 15.1. The molecule has 0 aliphatic heterocycles. The first-order chi connectivity index (χ1) is 10.7. The minimum atomic E-state index is -0.307. The summed E-state index contributed by atoms with van der Waals surface area (Å²) < 4.78 is 10.8. The Balaban J connectivity index is 1.88. The molecule has 7 heteroatoms. The molecule has 5 nitrogen and oxygen atoms in total. The number of aliphatic hydroxyl groups is 1. The summed E-state index contributed by atoms with van der Waals surface area (Å²) in [4.78, 5) is 0.996. The monoisotopic (exact) mass is 333 g/mol. The summed E-state index contributed by atoms with van der Waals surface area (Å²) >= 11 is 2.97. The number of furan rings is 1. The van der Waals surface area contributed by atoms with Crippen molar-refractivity contribution in [3.8, 4) is 12.3 Å². The lowest BCUT2D eigenvalue weighted by molar-refractivity contribution is 0.265. The molecule has 0 spiro atoms. The van der Waals surface area contributed by atoms with E-state index in [9.17, 15) is 0 Å². The van der Waals surface area contributed by atoms with Gasteiger partial charge in [-0.05, 0) is 23.7 Å². The van der Waals surface area contributed by atoms with Crippen molar-refractivity contribution in [2.24, 2.45) is 5.73 Å². The number of fused-ring (bicyclic) bond motifs is 1. The van der Waals surface area contributed by atoms with Crippen molar-refractivity contribution >= 4 is 38.1 Å². The minimum Gasteiger partial charge on any atom is -0.467 e. The zero-order valence-electron chi connectivity index (χ0n) is 11.7. The number of hydrogen-bond donors (Lipinski definition) is 3. The van der Waals surface area contributed by atoms with Gasteiger partial charge in [-0.15, -0.1) is 17.8 Å². The van der Waals surface area contributed by atoms with Gasteiger partial charge in [0, 0.05) is 17.3 Å². The number of hydrogen-bond acceptors (Lipinski definition) is 7. The van der Waals surface area contributed by atoms with Crippen molar-refractivity contribution in [2.45, 2.75) is 19.0 Å². The van der Waals surface area contributed by atoms with Crippen LogP contribution in [-0.2, 0) is 13.0 Å². The van der Waals surface area contributed by atoms with Crippen molar-refractivity contribution in [2.75, 3.05) is 11.9 Å². The van der Waals surface area contributed by atoms with Crippen LogP contribution < -0.4 is 11.1 Å². The molecule has 1 atom stereocenters. The van der Waals surface area contributed by atoms with Gasteiger partial charge in [-0.2, -0.15) is 4.37 Å². The number of nitrogens with one attached hydrogen (secondary N) is 1. The van der Waals surface area contributed by atoms with E-state index in [1.54, 1.807) is 17.6 Å². The fraction of sp³-hybridized carbons (Fsp3) is 0.267. The first-order valence-electron chi connectivity index (χ1n) is 6.73. The van der Waals surface area contributed by atoms with Gasteiger partial charge in [0.2, 0.25) is 0 Å². The van der Waals surface area contributed by atoms with Crippen molar-refractivity contribution < 1.29 is 9.52 Å². The van der Waals surface area contributed by atoms with Gasteiger partial charge in [0.25, 0.3) is 0 Å². The third kappa shape index (κ3) is 2.87. The van der Waals surface area contributed by atoms with E-state index < -0.39 is 0 Å². The molecule has 0 fully saturated rings. The molecule has 0 saturated carbocycles. The van der Waals surface area contributed by atoms with E-state index in [-0.39, 0.29) is 12.6 Å². The van der Waals surface area contributed by atoms with Crippen LogP contribution in [0.3, 0.4) is 0 Å². The van der Waals surface area contributed by atoms with E-state index >= 15 is 0 Å². The smallest absolute Gasteiger partial charge is 0.127 e. The standard InChI is InChI=1S/C15H15N3O2S2/c1-2-11-12(6-9(16)8-19)21-14-13(11)18-22-15(14)17-7-10-4-3-5-20-10/h1,3-5,9,17,19H,6-8,16H2/t9-/m1/s1. The highest BCUT2D eigenvalue weighted by Gasteiger charge is 2.18. The van der Waals surface area contributed by atoms with Gasteiger partial charge in [0.1, 0.15) is 16.3 Å². The van der Waals surface area contributed by atoms with E-state index in [2.05, 4.69) is 15.6 Å². The average Bonchev–Trinajstić information content (AvgIpc) is 3.21. The molecule has 0 aromatic carbocycles. The Labute approximate surface area is 135 Å². The van der Waals surface area contributed by atoms with Gasteiger partial charge < -0.3 is 20.6 Å². The highest BCUT2D eigenvalue weighted by molar-refractivity contribution is 7.24. The Morgan fingerprint density at radius 1 is 1.55 bits per heavy atom. The number of aliphatic hydroxyl groups excluding tert-OH is 1. The van der Waals surface area contributed by atoms with Gasteiger partial charge >= 0.3 is 0 Å². The Bertz CT molecular complexity index is 799. The predicted octanol–water partition coefficient (Wildman–Crippen LogP) is 2.41. The zero-order chi connectivity index (χ0) is 15.5. The number of aromatic nitrogens is 1. The van der Waals surface area contributed by atoms with Crippen molar-refractivity contribution in [3.05, 3.63) is 34.6 Å². The summed E-state index contributed by atoms with van der Waals surface area (Å²) in [7, 11) is 0. The number of rotatable bonds is 6. The number of thiophene rings is 1. The van der Waals surface area contributed by atoms with Crippen LogP contribution in [0, 0.1) is 12.3 Å². The first-order valence-corrected chi connectivity index (χ1v) is 8.32. The van der Waals surface area contributed by atoms with E-state index in [4.69, 9.17) is 21.7 Å². The molecule has 0 amide bonds. The van der Waals surface area contributed by atoms with E-state index in [1.165, 1.54) is 11.5 Å². The molecule has 3 aromatic rings. The largest absolute Gasteiger partial charge is 0.467 e. The number of anilines is 1. The van der Waals surface area contributed by atoms with Gasteiger partial charge in [-0.1, -0.05) is 5.92 Å². The SMILES string of the molecule is C#Cc1c(C[C@@H](N)CO)sc2c(NCc3ccco3)snc12. The maximum Gasteiger partial charge on any atom is 0.127 e. The maximum absolute atomic E-state index is 9.12. The maximum atomic E-state index is 9.12. The second kappa shape index (κ2) is 6.50. The van der Waals surface area contributed by atoms with E-state index in [0.717, 1.165) is 31.4 Å². The van der Waals surface area contributed by atoms with Crippen molar-refractivity contribution in [1.29, 1.82) is 0 Å². The third-order valence-electron chi connectivity index (χ3n) is 3.22. The lowest BCUT2D eigenvalue weighted by Gasteiger charge is -2.06. The van der Waals surface area contributed by atoms with Crippen LogP contribution in [0.15, 0.2) is 22.8 Å². The molecule has 0 bridgehead atoms. The summed E-state index contributed by atoms with van der Waals surface area (Å²) in [6, 6.07) is 3.46. The van der Waals surface area contributed by atoms with Gasteiger partial charge in [-0.3, -0.25) is 0 Å². The van der Waals surface area contributed by atoms with Gasteiger partial charge in [-0.25, -0.2) is 0 Å². The van der Waals surface area contributed by atoms with Crippen LogP contribution in [-0.4, -0.2) is 22.1 Å². The molecule has 0 aliphatic rings. The molecule has 4 N–H and O–H groups in total. The molecule has 22 heavy (non-hydrogen) atoms. The van der Waals surface area contributed by atoms with Crippen LogP contribution in [0.2, 0.25) is 0 Å². The normalized spacial score (nSPS) is 12.4. The lowest BCUT2D eigenvalue weighted by Crippen LogP contribution is -2.26. The molecular formula is C15H15N3O2S2. The summed E-state index contributed by atoms with van der Waals surface area (Å²) in [5.41, 5.74) is 7.44. The Kier molecular flexibility index (Phi) is 4.45. The molecular weight excluding hydrogens is 318 g/mol. The quantitative estimate of drug-likeness (QED) is 0.603. The van der Waals surface area contributed by atoms with Crippen LogP contribution in [0.5, 0.6) is 0 Å². The van der Waals surface area contributed by atoms with Crippen molar-refractivity contribution in [1.82, 2.24) is 4.37 Å². The Hall–Kier alpha value is -1.85. The second-order valence-corrected chi connectivity index (χ2v) is 6.69. The Morgan fingerprint density at radius 3 is 3.09 bits per heavy atom. The summed E-state index contributed by atoms with van der Waals surface area (Å²) in [5.74, 6) is 3.56. The minimum absolute atomic E-state index is 0.0637. The highest BCUT2D eigenvalue weighted by atomic mass is 32.1. The number of nitrogens with zero attached hydrogens (tertiary/aromatic N) is 1. The summed E-state index contributed by atoms with van der Waals surface area (Å²) in [6.45, 7) is 0.533. The average molecular weight is 333 g/mol. The summed E-state index contributed by atoms with van der Waals surface area (Å²) in [5, 5.41) is 13.4. The number of terminal acetylenes is 1. The molecule has 3 rings (SSSR count). The van der Waals surface area contributed by atoms with Crippen molar-refractivity contribution in [3.63, 3.8) is 0 Å². The molecule has 0 radical (unpaired) electrons. The molecule has 3 heterocycles. The zero-order valence-corrected chi connectivity index (χ0v) is 13.3. The highest BCUT2D eigenvalue weighted by Crippen LogP contribution is 2.39. The van der Waals surface area contributed by atoms with Crippen LogP contribution in [0.25, 0.3) is 10.2 Å². The van der Waals surface area contributed by atoms with Gasteiger partial charge in [0.15, 0.2) is 0 Å². The molecule has 0 aliphatic carbocycles. The lowest BCUT2D eigenvalue weighted by atomic mass is 10.1. The van der Waals surface area contributed by atoms with Gasteiger partial charge in [0.05, 0.1) is 29.7 Å². The molecule has 0 unspecified atom stereocenters. The fourth-order valence-corrected chi connectivity index (χ4v) is 4.32. The fourth-order valence-electron chi connectivity index (χ4n) is 2.13. The van der Waals surface area contributed by atoms with Crippen LogP contribution >= 0.6 is 22.9 Å². The third-order valence-corrected chi connectivity index (χ3v) is 5.37. The topological polar surface area (TPSA) is 84.3 Å². The second-order valence-electron chi connectivity index (χ2n) is 4.81. The molecule has 3 aromatic heterocycles. The number of nitrogens with two attached hydrogens (primary N) is 1. The molecule has 0 saturated heterocycles. The van der Waals surface area contributed by atoms with Crippen LogP contribution in [0.4, 0.5) is 5.00 Å². The molecule has 114 valence electrons. The van der Waals surface area contributed by atoms with Crippen LogP contribution in [0.1, 0.15) is 16.2 Å². The predicted molar refractivity (Wildman–Crippen MR) is 90.2 cm³/mol.